The molecule has 2 rings (SSSR count). The molecular formula is C15H23N3O. The summed E-state index contributed by atoms with van der Waals surface area (Å²) in [5.74, 6) is 0.0396. The van der Waals surface area contributed by atoms with E-state index in [1.807, 2.05) is 35.2 Å². The zero-order chi connectivity index (χ0) is 13.8. The lowest BCUT2D eigenvalue weighted by molar-refractivity contribution is -0.134. The Balaban J connectivity index is 2.03. The van der Waals surface area contributed by atoms with Gasteiger partial charge in [-0.05, 0) is 32.5 Å². The number of hydrogen-bond donors (Lipinski definition) is 1. The van der Waals surface area contributed by atoms with Gasteiger partial charge in [0, 0.05) is 19.1 Å². The molecule has 0 saturated carbocycles. The molecule has 104 valence electrons. The Hall–Kier alpha value is -1.39. The maximum Gasteiger partial charge on any atom is 0.244 e. The van der Waals surface area contributed by atoms with Gasteiger partial charge in [0.15, 0.2) is 0 Å². The molecule has 1 saturated heterocycles. The summed E-state index contributed by atoms with van der Waals surface area (Å²) in [6.45, 7) is 1.61. The van der Waals surface area contributed by atoms with Gasteiger partial charge in [0.2, 0.25) is 5.91 Å². The van der Waals surface area contributed by atoms with Gasteiger partial charge in [-0.3, -0.25) is 4.79 Å². The number of nitrogens with two attached hydrogens (primary N) is 1. The molecular weight excluding hydrogens is 238 g/mol. The van der Waals surface area contributed by atoms with Crippen molar-refractivity contribution in [3.05, 3.63) is 35.9 Å². The Labute approximate surface area is 115 Å². The lowest BCUT2D eigenvalue weighted by Gasteiger charge is -2.37. The van der Waals surface area contributed by atoms with E-state index >= 15 is 0 Å². The molecule has 1 heterocycles. The van der Waals surface area contributed by atoms with Gasteiger partial charge in [-0.25, -0.2) is 0 Å². The van der Waals surface area contributed by atoms with E-state index in [0.29, 0.717) is 6.04 Å². The van der Waals surface area contributed by atoms with E-state index in [4.69, 9.17) is 5.73 Å². The minimum Gasteiger partial charge on any atom is -0.339 e. The van der Waals surface area contributed by atoms with Crippen molar-refractivity contribution in [1.82, 2.24) is 9.80 Å². The fourth-order valence-corrected chi connectivity index (χ4v) is 2.58. The van der Waals surface area contributed by atoms with Crippen LogP contribution in [0.2, 0.25) is 0 Å². The highest BCUT2D eigenvalue weighted by Gasteiger charge is 2.28. The van der Waals surface area contributed by atoms with Crippen molar-refractivity contribution < 1.29 is 4.79 Å². The summed E-state index contributed by atoms with van der Waals surface area (Å²) in [4.78, 5) is 16.5. The van der Waals surface area contributed by atoms with Crippen molar-refractivity contribution >= 4 is 5.91 Å². The Morgan fingerprint density at radius 2 is 2.05 bits per heavy atom. The summed E-state index contributed by atoms with van der Waals surface area (Å²) in [6.07, 6.45) is 2.20. The van der Waals surface area contributed by atoms with Crippen LogP contribution in [-0.2, 0) is 4.79 Å². The molecule has 1 aliphatic rings. The number of benzene rings is 1. The highest BCUT2D eigenvalue weighted by molar-refractivity contribution is 5.83. The molecule has 1 unspecified atom stereocenters. The first-order chi connectivity index (χ1) is 9.09. The number of likely N-dealkylation sites (tertiary alicyclic amines) is 1. The topological polar surface area (TPSA) is 49.6 Å². The van der Waals surface area contributed by atoms with Crippen LogP contribution in [-0.4, -0.2) is 48.9 Å². The number of carbonyl (C=O) groups excluding carboxylic acids is 1. The molecule has 1 amide bonds. The molecule has 2 N–H and O–H groups in total. The molecule has 4 heteroatoms. The van der Waals surface area contributed by atoms with Crippen LogP contribution in [0.25, 0.3) is 0 Å². The zero-order valence-corrected chi connectivity index (χ0v) is 11.7. The highest BCUT2D eigenvalue weighted by atomic mass is 16.2. The van der Waals surface area contributed by atoms with Crippen LogP contribution in [0.3, 0.4) is 0 Å². The molecule has 19 heavy (non-hydrogen) atoms. The number of nitrogens with zero attached hydrogens (tertiary/aromatic N) is 2. The Bertz CT molecular complexity index is 419. The number of likely N-dealkylation sites (N-methyl/N-ethyl adjacent to an activating group) is 1. The SMILES string of the molecule is CN(C)C1CCCN(C(=O)[C@@H](N)c2ccccc2)C1. The van der Waals surface area contributed by atoms with Gasteiger partial charge >= 0.3 is 0 Å². The van der Waals surface area contributed by atoms with E-state index in [0.717, 1.165) is 31.5 Å². The molecule has 0 aliphatic carbocycles. The molecule has 0 radical (unpaired) electrons. The Morgan fingerprint density at radius 1 is 1.37 bits per heavy atom. The number of hydrogen-bond acceptors (Lipinski definition) is 3. The predicted molar refractivity (Wildman–Crippen MR) is 76.7 cm³/mol. The third-order valence-corrected chi connectivity index (χ3v) is 3.86. The minimum atomic E-state index is -0.540. The van der Waals surface area contributed by atoms with Crippen LogP contribution < -0.4 is 5.73 Å². The van der Waals surface area contributed by atoms with Crippen molar-refractivity contribution in [1.29, 1.82) is 0 Å². The standard InChI is InChI=1S/C15H23N3O/c1-17(2)13-9-6-10-18(11-13)15(19)14(16)12-7-4-3-5-8-12/h3-5,7-8,13-14H,6,9-11,16H2,1-2H3/t13?,14-/m0/s1. The maximum atomic E-state index is 12.4. The molecule has 0 aromatic heterocycles. The maximum absolute atomic E-state index is 12.4. The van der Waals surface area contributed by atoms with Crippen molar-refractivity contribution in [2.75, 3.05) is 27.2 Å². The third-order valence-electron chi connectivity index (χ3n) is 3.86. The summed E-state index contributed by atoms with van der Waals surface area (Å²) in [5, 5.41) is 0. The molecule has 0 bridgehead atoms. The fraction of sp³-hybridized carbons (Fsp3) is 0.533. The van der Waals surface area contributed by atoms with Gasteiger partial charge in [-0.2, -0.15) is 0 Å². The number of rotatable bonds is 3. The van der Waals surface area contributed by atoms with Gasteiger partial charge < -0.3 is 15.5 Å². The Morgan fingerprint density at radius 3 is 2.68 bits per heavy atom. The van der Waals surface area contributed by atoms with Gasteiger partial charge in [0.25, 0.3) is 0 Å². The van der Waals surface area contributed by atoms with Gasteiger partial charge in [-0.15, -0.1) is 0 Å². The van der Waals surface area contributed by atoms with Crippen molar-refractivity contribution in [3.8, 4) is 0 Å². The number of carbonyl (C=O) groups is 1. The van der Waals surface area contributed by atoms with Crippen molar-refractivity contribution in [3.63, 3.8) is 0 Å². The molecule has 1 aliphatic heterocycles. The van der Waals surface area contributed by atoms with E-state index < -0.39 is 6.04 Å². The average Bonchev–Trinajstić information content (AvgIpc) is 2.46. The van der Waals surface area contributed by atoms with Crippen molar-refractivity contribution in [2.45, 2.75) is 24.9 Å². The summed E-state index contributed by atoms with van der Waals surface area (Å²) in [5.41, 5.74) is 6.97. The van der Waals surface area contributed by atoms with E-state index in [9.17, 15) is 4.79 Å². The minimum absolute atomic E-state index is 0.0396. The second-order valence-corrected chi connectivity index (χ2v) is 5.43. The quantitative estimate of drug-likeness (QED) is 0.890. The van der Waals surface area contributed by atoms with Gasteiger partial charge in [0.1, 0.15) is 6.04 Å². The zero-order valence-electron chi connectivity index (χ0n) is 11.7. The van der Waals surface area contributed by atoms with E-state index in [1.165, 1.54) is 0 Å². The van der Waals surface area contributed by atoms with E-state index in [2.05, 4.69) is 19.0 Å². The lowest BCUT2D eigenvalue weighted by atomic mass is 10.0. The molecule has 1 aromatic carbocycles. The summed E-state index contributed by atoms with van der Waals surface area (Å²) < 4.78 is 0. The molecule has 1 aromatic rings. The van der Waals surface area contributed by atoms with E-state index in [-0.39, 0.29) is 5.91 Å². The highest BCUT2D eigenvalue weighted by Crippen LogP contribution is 2.18. The smallest absolute Gasteiger partial charge is 0.244 e. The van der Waals surface area contributed by atoms with E-state index in [1.54, 1.807) is 0 Å². The second-order valence-electron chi connectivity index (χ2n) is 5.43. The Kier molecular flexibility index (Phi) is 4.56. The first-order valence-electron chi connectivity index (χ1n) is 6.85. The largest absolute Gasteiger partial charge is 0.339 e. The molecule has 4 nitrogen and oxygen atoms in total. The number of amides is 1. The number of piperidine rings is 1. The lowest BCUT2D eigenvalue weighted by Crippen LogP contribution is -2.49. The predicted octanol–water partition coefficient (Wildman–Crippen LogP) is 1.24. The van der Waals surface area contributed by atoms with Crippen LogP contribution in [0.15, 0.2) is 30.3 Å². The van der Waals surface area contributed by atoms with Gasteiger partial charge in [0.05, 0.1) is 0 Å². The summed E-state index contributed by atoms with van der Waals surface area (Å²) >= 11 is 0. The molecule has 0 spiro atoms. The first kappa shape index (κ1) is 14.0. The molecule has 1 fully saturated rings. The average molecular weight is 261 g/mol. The monoisotopic (exact) mass is 261 g/mol. The first-order valence-corrected chi connectivity index (χ1v) is 6.85. The van der Waals surface area contributed by atoms with Crippen molar-refractivity contribution in [2.24, 2.45) is 5.73 Å². The molecule has 2 atom stereocenters. The third kappa shape index (κ3) is 3.33. The van der Waals surface area contributed by atoms with Crippen LogP contribution in [0, 0.1) is 0 Å². The fourth-order valence-electron chi connectivity index (χ4n) is 2.58. The van der Waals surface area contributed by atoms with Crippen LogP contribution in [0.1, 0.15) is 24.4 Å². The van der Waals surface area contributed by atoms with Crippen LogP contribution >= 0.6 is 0 Å². The normalized spacial score (nSPS) is 21.5. The van der Waals surface area contributed by atoms with Crippen LogP contribution in [0.5, 0.6) is 0 Å². The summed E-state index contributed by atoms with van der Waals surface area (Å²) in [6, 6.07) is 9.50. The second kappa shape index (κ2) is 6.17. The van der Waals surface area contributed by atoms with Gasteiger partial charge in [-0.1, -0.05) is 30.3 Å². The summed E-state index contributed by atoms with van der Waals surface area (Å²) in [7, 11) is 4.13. The van der Waals surface area contributed by atoms with Crippen LogP contribution in [0.4, 0.5) is 0 Å².